The number of nitriles is 1. The molecule has 2 N–H and O–H groups in total. The van der Waals surface area contributed by atoms with Crippen LogP contribution in [0, 0.1) is 24.1 Å². The maximum atomic E-state index is 14.3. The van der Waals surface area contributed by atoms with E-state index in [0.29, 0.717) is 22.5 Å². The van der Waals surface area contributed by atoms with E-state index in [1.54, 1.807) is 10.7 Å². The molecular weight excluding hydrogens is 429 g/mol. The van der Waals surface area contributed by atoms with Crippen LogP contribution in [0.4, 0.5) is 4.39 Å². The van der Waals surface area contributed by atoms with Crippen molar-refractivity contribution in [1.29, 1.82) is 5.26 Å². The molecule has 0 spiro atoms. The lowest BCUT2D eigenvalue weighted by Gasteiger charge is -2.29. The Morgan fingerprint density at radius 1 is 1.34 bits per heavy atom. The number of pyridine rings is 2. The smallest absolute Gasteiger partial charge is 0.155 e. The van der Waals surface area contributed by atoms with Gasteiger partial charge in [-0.1, -0.05) is 11.8 Å². The Morgan fingerprint density at radius 3 is 3.00 bits per heavy atom. The number of nitrogens with zero attached hydrogens (tertiary/aromatic N) is 6. The molecule has 5 rings (SSSR count). The molecule has 1 aliphatic rings. The zero-order valence-corrected chi connectivity index (χ0v) is 18.1. The fraction of sp³-hybridized carbons (Fsp3) is 0.273. The molecule has 0 amide bonds. The van der Waals surface area contributed by atoms with Gasteiger partial charge in [-0.25, -0.2) is 13.9 Å². The maximum Gasteiger partial charge on any atom is 0.155 e. The number of aliphatic hydroxyl groups excluding tert-OH is 1. The monoisotopic (exact) mass is 449 g/mol. The van der Waals surface area contributed by atoms with Gasteiger partial charge >= 0.3 is 0 Å². The van der Waals surface area contributed by atoms with Gasteiger partial charge in [0.15, 0.2) is 5.82 Å². The minimum Gasteiger partial charge on any atom is -0.390 e. The molecule has 0 radical (unpaired) electrons. The molecule has 2 atom stereocenters. The van der Waals surface area contributed by atoms with Crippen LogP contribution in [-0.2, 0) is 0 Å². The topological polar surface area (TPSA) is 104 Å². The summed E-state index contributed by atoms with van der Waals surface area (Å²) in [4.78, 5) is 4.81. The van der Waals surface area contributed by atoms with Crippen molar-refractivity contribution in [3.63, 3.8) is 0 Å². The van der Waals surface area contributed by atoms with Crippen LogP contribution >= 0.6 is 11.8 Å². The lowest BCUT2D eigenvalue weighted by molar-refractivity contribution is 0.0800. The molecule has 162 valence electrons. The van der Waals surface area contributed by atoms with Gasteiger partial charge in [0.1, 0.15) is 11.1 Å². The summed E-state index contributed by atoms with van der Waals surface area (Å²) in [6.07, 6.45) is 6.91. The van der Waals surface area contributed by atoms with Crippen LogP contribution < -0.4 is 5.32 Å². The molecule has 0 saturated carbocycles. The highest BCUT2D eigenvalue weighted by Gasteiger charge is 2.27. The number of β-amino-alcohol motifs (C(OH)–C–C–N with tert-alkyl or cyclic N) is 1. The fourth-order valence-corrected chi connectivity index (χ4v) is 5.07. The zero-order valence-electron chi connectivity index (χ0n) is 17.2. The van der Waals surface area contributed by atoms with E-state index in [4.69, 9.17) is 0 Å². The predicted octanol–water partition coefficient (Wildman–Crippen LogP) is 2.96. The number of aliphatic hydroxyl groups is 1. The third kappa shape index (κ3) is 3.54. The highest BCUT2D eigenvalue weighted by molar-refractivity contribution is 7.99. The molecule has 5 heterocycles. The number of aromatic nitrogens is 5. The van der Waals surface area contributed by atoms with E-state index in [0.717, 1.165) is 41.5 Å². The van der Waals surface area contributed by atoms with Gasteiger partial charge in [-0.05, 0) is 38.1 Å². The lowest BCUT2D eigenvalue weighted by Crippen LogP contribution is -2.42. The molecule has 4 aromatic rings. The normalized spacial score (nSPS) is 18.7. The Kier molecular flexibility index (Phi) is 5.38. The van der Waals surface area contributed by atoms with Gasteiger partial charge in [0.05, 0.1) is 35.6 Å². The SMILES string of the molecule is Cc1c(-c2cc(Sc3ncccc3F)c3c(C#N)cnn3c2)cnn1[C@@H]1CCNC[C@H]1O. The molecule has 10 heteroatoms. The molecule has 0 bridgehead atoms. The molecule has 0 unspecified atom stereocenters. The molecular formula is C22H20FN7OS. The zero-order chi connectivity index (χ0) is 22.2. The van der Waals surface area contributed by atoms with Crippen LogP contribution in [0.5, 0.6) is 0 Å². The molecule has 1 fully saturated rings. The van der Waals surface area contributed by atoms with Crippen molar-refractivity contribution in [3.05, 3.63) is 60.1 Å². The molecule has 4 aromatic heterocycles. The molecule has 1 saturated heterocycles. The summed E-state index contributed by atoms with van der Waals surface area (Å²) in [5, 5.41) is 32.3. The predicted molar refractivity (Wildman–Crippen MR) is 117 cm³/mol. The van der Waals surface area contributed by atoms with Crippen LogP contribution in [0.25, 0.3) is 16.6 Å². The molecule has 0 aromatic carbocycles. The van der Waals surface area contributed by atoms with E-state index >= 15 is 0 Å². The molecule has 0 aliphatic carbocycles. The van der Waals surface area contributed by atoms with Gasteiger partial charge in [-0.2, -0.15) is 15.5 Å². The van der Waals surface area contributed by atoms with E-state index < -0.39 is 11.9 Å². The van der Waals surface area contributed by atoms with Gasteiger partial charge < -0.3 is 10.4 Å². The van der Waals surface area contributed by atoms with E-state index in [1.807, 2.05) is 23.9 Å². The van der Waals surface area contributed by atoms with Crippen molar-refractivity contribution in [2.45, 2.75) is 35.4 Å². The molecule has 32 heavy (non-hydrogen) atoms. The Morgan fingerprint density at radius 2 is 2.22 bits per heavy atom. The van der Waals surface area contributed by atoms with Crippen LogP contribution in [0.15, 0.2) is 52.9 Å². The Balaban J connectivity index is 1.62. The van der Waals surface area contributed by atoms with Crippen LogP contribution in [0.1, 0.15) is 23.7 Å². The van der Waals surface area contributed by atoms with Crippen molar-refractivity contribution < 1.29 is 9.50 Å². The highest BCUT2D eigenvalue weighted by atomic mass is 32.2. The average Bonchev–Trinajstić information content (AvgIpc) is 3.39. The third-order valence-electron chi connectivity index (χ3n) is 5.71. The summed E-state index contributed by atoms with van der Waals surface area (Å²) in [5.74, 6) is -0.428. The highest BCUT2D eigenvalue weighted by Crippen LogP contribution is 2.37. The second-order valence-electron chi connectivity index (χ2n) is 7.66. The first-order valence-corrected chi connectivity index (χ1v) is 11.0. The van der Waals surface area contributed by atoms with Crippen molar-refractivity contribution in [3.8, 4) is 17.2 Å². The molecule has 1 aliphatic heterocycles. The lowest BCUT2D eigenvalue weighted by atomic mass is 10.0. The van der Waals surface area contributed by atoms with E-state index in [1.165, 1.54) is 24.5 Å². The van der Waals surface area contributed by atoms with Crippen LogP contribution in [-0.4, -0.2) is 48.7 Å². The summed E-state index contributed by atoms with van der Waals surface area (Å²) < 4.78 is 17.8. The number of fused-ring (bicyclic) bond motifs is 1. The quantitative estimate of drug-likeness (QED) is 0.494. The summed E-state index contributed by atoms with van der Waals surface area (Å²) in [6, 6.07) is 6.86. The minimum absolute atomic E-state index is 0.0971. The summed E-state index contributed by atoms with van der Waals surface area (Å²) in [7, 11) is 0. The van der Waals surface area contributed by atoms with E-state index in [2.05, 4.69) is 26.6 Å². The average molecular weight is 450 g/mol. The van der Waals surface area contributed by atoms with E-state index in [9.17, 15) is 14.8 Å². The Bertz CT molecular complexity index is 1340. The number of rotatable bonds is 4. The maximum absolute atomic E-state index is 14.3. The summed E-state index contributed by atoms with van der Waals surface area (Å²) >= 11 is 1.15. The second-order valence-corrected chi connectivity index (χ2v) is 8.70. The molecule has 8 nitrogen and oxygen atoms in total. The Hall–Kier alpha value is -3.26. The summed E-state index contributed by atoms with van der Waals surface area (Å²) in [6.45, 7) is 3.32. The van der Waals surface area contributed by atoms with Gasteiger partial charge in [-0.15, -0.1) is 0 Å². The van der Waals surface area contributed by atoms with Crippen molar-refractivity contribution in [2.75, 3.05) is 13.1 Å². The van der Waals surface area contributed by atoms with Crippen LogP contribution in [0.3, 0.4) is 0 Å². The van der Waals surface area contributed by atoms with Gasteiger partial charge in [-0.3, -0.25) is 4.68 Å². The first-order chi connectivity index (χ1) is 15.6. The minimum atomic E-state index is -0.514. The van der Waals surface area contributed by atoms with Gasteiger partial charge in [0, 0.05) is 40.7 Å². The van der Waals surface area contributed by atoms with Crippen LogP contribution in [0.2, 0.25) is 0 Å². The number of piperidine rings is 1. The summed E-state index contributed by atoms with van der Waals surface area (Å²) in [5.41, 5.74) is 3.64. The number of halogens is 1. The number of nitrogens with one attached hydrogen (secondary N) is 1. The first kappa shape index (κ1) is 20.6. The number of hydrogen-bond donors (Lipinski definition) is 2. The van der Waals surface area contributed by atoms with Gasteiger partial charge in [0.2, 0.25) is 0 Å². The van der Waals surface area contributed by atoms with Gasteiger partial charge in [0.25, 0.3) is 0 Å². The fourth-order valence-electron chi connectivity index (χ4n) is 4.10. The number of hydrogen-bond acceptors (Lipinski definition) is 7. The Labute approximate surface area is 187 Å². The van der Waals surface area contributed by atoms with Crippen molar-refractivity contribution in [1.82, 2.24) is 29.7 Å². The van der Waals surface area contributed by atoms with Crippen molar-refractivity contribution in [2.24, 2.45) is 0 Å². The largest absolute Gasteiger partial charge is 0.390 e. The van der Waals surface area contributed by atoms with Crippen molar-refractivity contribution >= 4 is 17.3 Å². The third-order valence-corrected chi connectivity index (χ3v) is 6.74. The second kappa shape index (κ2) is 8.35. The standard InChI is InChI=1S/C22H20FN7OS/c1-13-16(10-28-30(13)18-4-6-25-11-19(18)31)14-7-20(32-22-17(23)3-2-5-26-22)21-15(8-24)9-27-29(21)12-14/h2-3,5,7,9-10,12,18-19,25,31H,4,6,11H2,1H3/t18-,19-/m1/s1. The first-order valence-electron chi connectivity index (χ1n) is 10.2. The van der Waals surface area contributed by atoms with E-state index in [-0.39, 0.29) is 11.1 Å².